The highest BCUT2D eigenvalue weighted by Gasteiger charge is 2.43. The van der Waals surface area contributed by atoms with Crippen molar-refractivity contribution in [2.45, 2.75) is 17.1 Å². The molecule has 2 aliphatic heterocycles. The molecule has 0 saturated heterocycles. The summed E-state index contributed by atoms with van der Waals surface area (Å²) in [5, 5.41) is 9.70. The van der Waals surface area contributed by atoms with E-state index in [1.165, 1.54) is 24.3 Å². The van der Waals surface area contributed by atoms with Gasteiger partial charge in [-0.1, -0.05) is 12.1 Å². The Labute approximate surface area is 209 Å². The van der Waals surface area contributed by atoms with Crippen molar-refractivity contribution in [1.29, 1.82) is 0 Å². The third-order valence-corrected chi connectivity index (χ3v) is 7.46. The molecule has 4 nitrogen and oxygen atoms in total. The molecule has 35 heavy (non-hydrogen) atoms. The van der Waals surface area contributed by atoms with Crippen molar-refractivity contribution in [3.8, 4) is 5.75 Å². The van der Waals surface area contributed by atoms with Gasteiger partial charge in [-0.3, -0.25) is 0 Å². The predicted molar refractivity (Wildman–Crippen MR) is 132 cm³/mol. The highest BCUT2D eigenvalue weighted by molar-refractivity contribution is 7.99. The number of hydrogen-bond donors (Lipinski definition) is 1. The number of hydrogen-bond acceptors (Lipinski definition) is 4. The quantitative estimate of drug-likeness (QED) is 0.308. The first-order chi connectivity index (χ1) is 16.7. The van der Waals surface area contributed by atoms with Gasteiger partial charge < -0.3 is 10.1 Å². The molecule has 10 heteroatoms. The minimum atomic E-state index is -4.42. The summed E-state index contributed by atoms with van der Waals surface area (Å²) in [5.74, 6) is 0.996. The van der Waals surface area contributed by atoms with Crippen LogP contribution in [0, 0.1) is 11.7 Å². The van der Waals surface area contributed by atoms with E-state index in [0.29, 0.717) is 17.2 Å². The van der Waals surface area contributed by atoms with E-state index in [0.717, 1.165) is 33.9 Å². The number of halogens is 4. The Morgan fingerprint density at radius 1 is 1.09 bits per heavy atom. The highest BCUT2D eigenvalue weighted by Crippen LogP contribution is 2.46. The summed E-state index contributed by atoms with van der Waals surface area (Å²) in [5.41, 5.74) is 2.06. The predicted octanol–water partition coefficient (Wildman–Crippen LogP) is 6.73. The lowest BCUT2D eigenvalue weighted by molar-refractivity contribution is -0.137. The molecular weight excluding hydrogens is 498 g/mol. The zero-order chi connectivity index (χ0) is 24.7. The van der Waals surface area contributed by atoms with Gasteiger partial charge in [0, 0.05) is 27.8 Å². The average molecular weight is 518 g/mol. The molecular formula is C25H19F4N3OS2. The van der Waals surface area contributed by atoms with E-state index in [1.807, 2.05) is 24.3 Å². The number of methoxy groups -OCH3 is 1. The summed E-state index contributed by atoms with van der Waals surface area (Å²) in [6.07, 6.45) is -4.42. The molecule has 2 heterocycles. The number of thioether (sulfide) groups is 1. The third kappa shape index (κ3) is 4.60. The van der Waals surface area contributed by atoms with Gasteiger partial charge in [-0.25, -0.2) is 9.40 Å². The number of fused-ring (bicyclic) bond motifs is 3. The second-order valence-corrected chi connectivity index (χ2v) is 9.56. The van der Waals surface area contributed by atoms with Crippen LogP contribution in [0.3, 0.4) is 0 Å². The summed E-state index contributed by atoms with van der Waals surface area (Å²) in [6, 6.07) is 16.6. The molecule has 1 N–H and O–H groups in total. The normalized spacial score (nSPS) is 19.0. The molecule has 2 unspecified atom stereocenters. The zero-order valence-electron chi connectivity index (χ0n) is 18.3. The Hall–Kier alpha value is -3.11. The van der Waals surface area contributed by atoms with E-state index in [4.69, 9.17) is 22.1 Å². The number of anilines is 1. The van der Waals surface area contributed by atoms with Crippen molar-refractivity contribution in [1.82, 2.24) is 5.01 Å². The molecule has 2 aliphatic rings. The summed E-state index contributed by atoms with van der Waals surface area (Å²) >= 11 is 7.29. The van der Waals surface area contributed by atoms with Crippen LogP contribution < -0.4 is 10.1 Å². The molecule has 0 spiro atoms. The molecule has 0 fully saturated rings. The van der Waals surface area contributed by atoms with Crippen LogP contribution in [-0.2, 0) is 6.18 Å². The number of ether oxygens (including phenoxy) is 1. The smallest absolute Gasteiger partial charge is 0.416 e. The number of thiocarbonyl (C=S) groups is 1. The number of hydrazone groups is 1. The van der Waals surface area contributed by atoms with Gasteiger partial charge in [0.1, 0.15) is 11.6 Å². The van der Waals surface area contributed by atoms with Gasteiger partial charge >= 0.3 is 6.18 Å². The maximum atomic E-state index is 14.1. The molecule has 3 aromatic carbocycles. The van der Waals surface area contributed by atoms with Crippen LogP contribution in [-0.4, -0.2) is 28.7 Å². The Balaban J connectivity index is 1.50. The first-order valence-corrected chi connectivity index (χ1v) is 12.1. The fraction of sp³-hybridized carbons (Fsp3) is 0.200. The van der Waals surface area contributed by atoms with Gasteiger partial charge in [0.15, 0.2) is 5.11 Å². The van der Waals surface area contributed by atoms with E-state index in [-0.39, 0.29) is 22.9 Å². The van der Waals surface area contributed by atoms with E-state index in [9.17, 15) is 17.6 Å². The van der Waals surface area contributed by atoms with E-state index >= 15 is 0 Å². The SMILES string of the molecule is COc1ccc(C2C3CSc4ccc(F)cc4C3=NN2C(=S)Nc2ccc(C(F)(F)F)cc2)cc1. The molecule has 180 valence electrons. The number of alkyl halides is 3. The van der Waals surface area contributed by atoms with Crippen molar-refractivity contribution in [2.75, 3.05) is 18.2 Å². The van der Waals surface area contributed by atoms with E-state index < -0.39 is 11.7 Å². The summed E-state index contributed by atoms with van der Waals surface area (Å²) in [7, 11) is 1.59. The Bertz CT molecular complexity index is 1290. The molecule has 0 bridgehead atoms. The molecule has 0 aromatic heterocycles. The van der Waals surface area contributed by atoms with Crippen LogP contribution in [0.25, 0.3) is 0 Å². The molecule has 0 aliphatic carbocycles. The lowest BCUT2D eigenvalue weighted by atomic mass is 9.88. The molecule has 5 rings (SSSR count). The summed E-state index contributed by atoms with van der Waals surface area (Å²) in [4.78, 5) is 0.943. The van der Waals surface area contributed by atoms with E-state index in [2.05, 4.69) is 5.32 Å². The molecule has 2 atom stereocenters. The van der Waals surface area contributed by atoms with Crippen LogP contribution in [0.15, 0.2) is 76.7 Å². The zero-order valence-corrected chi connectivity index (χ0v) is 20.0. The average Bonchev–Trinajstić information content (AvgIpc) is 3.24. The Morgan fingerprint density at radius 2 is 1.80 bits per heavy atom. The van der Waals surface area contributed by atoms with Crippen LogP contribution >= 0.6 is 24.0 Å². The highest BCUT2D eigenvalue weighted by atomic mass is 32.2. The minimum Gasteiger partial charge on any atom is -0.497 e. The standard InChI is InChI=1S/C25H19F4N3OS2/c1-33-18-9-2-14(3-10-18)23-20-13-35-21-11-6-16(26)12-19(21)22(20)31-32(23)24(34)30-17-7-4-15(5-8-17)25(27,28)29/h2-12,20,23H,13H2,1H3,(H,30,34). The Morgan fingerprint density at radius 3 is 2.46 bits per heavy atom. The largest absolute Gasteiger partial charge is 0.497 e. The maximum absolute atomic E-state index is 14.1. The lowest BCUT2D eigenvalue weighted by Crippen LogP contribution is -2.35. The van der Waals surface area contributed by atoms with E-state index in [1.54, 1.807) is 29.9 Å². The van der Waals surface area contributed by atoms with Gasteiger partial charge in [0.25, 0.3) is 0 Å². The second-order valence-electron chi connectivity index (χ2n) is 8.11. The van der Waals surface area contributed by atoms with Crippen LogP contribution in [0.4, 0.5) is 23.2 Å². The number of nitrogens with zero attached hydrogens (tertiary/aromatic N) is 2. The lowest BCUT2D eigenvalue weighted by Gasteiger charge is -2.30. The molecule has 0 saturated carbocycles. The van der Waals surface area contributed by atoms with Gasteiger partial charge in [-0.2, -0.15) is 18.3 Å². The first kappa shape index (κ1) is 23.6. The summed E-state index contributed by atoms with van der Waals surface area (Å²) < 4.78 is 58.2. The van der Waals surface area contributed by atoms with Crippen molar-refractivity contribution < 1.29 is 22.3 Å². The number of benzene rings is 3. The van der Waals surface area contributed by atoms with Crippen LogP contribution in [0.1, 0.15) is 22.7 Å². The fourth-order valence-electron chi connectivity index (χ4n) is 4.27. The molecule has 3 aromatic rings. The summed E-state index contributed by atoms with van der Waals surface area (Å²) in [6.45, 7) is 0. The topological polar surface area (TPSA) is 36.9 Å². The van der Waals surface area contributed by atoms with Crippen molar-refractivity contribution in [3.63, 3.8) is 0 Å². The van der Waals surface area contributed by atoms with Crippen LogP contribution in [0.5, 0.6) is 5.75 Å². The van der Waals surface area contributed by atoms with Crippen molar-refractivity contribution in [3.05, 3.63) is 89.2 Å². The maximum Gasteiger partial charge on any atom is 0.416 e. The number of nitrogens with one attached hydrogen (secondary N) is 1. The minimum absolute atomic E-state index is 0.0740. The van der Waals surface area contributed by atoms with Crippen molar-refractivity contribution in [2.24, 2.45) is 11.0 Å². The van der Waals surface area contributed by atoms with Gasteiger partial charge in [0.05, 0.1) is 24.4 Å². The third-order valence-electron chi connectivity index (χ3n) is 5.98. The molecule has 0 radical (unpaired) electrons. The first-order valence-electron chi connectivity index (χ1n) is 10.7. The van der Waals surface area contributed by atoms with Gasteiger partial charge in [0.2, 0.25) is 0 Å². The monoisotopic (exact) mass is 517 g/mol. The van der Waals surface area contributed by atoms with Crippen molar-refractivity contribution >= 4 is 40.5 Å². The number of rotatable bonds is 3. The fourth-order valence-corrected chi connectivity index (χ4v) is 5.73. The Kier molecular flexibility index (Phi) is 6.18. The second kappa shape index (κ2) is 9.16. The molecule has 0 amide bonds. The van der Waals surface area contributed by atoms with Gasteiger partial charge in [-0.05, 0) is 72.4 Å². The van der Waals surface area contributed by atoms with Crippen LogP contribution in [0.2, 0.25) is 0 Å². The van der Waals surface area contributed by atoms with Gasteiger partial charge in [-0.15, -0.1) is 11.8 Å².